The maximum absolute atomic E-state index is 12.1. The molecule has 0 saturated carbocycles. The molecule has 0 radical (unpaired) electrons. The lowest BCUT2D eigenvalue weighted by atomic mass is 10.3. The number of sulfonamides is 1. The second kappa shape index (κ2) is 4.58. The third-order valence-corrected chi connectivity index (χ3v) is 5.31. The van der Waals surface area contributed by atoms with E-state index in [1.54, 1.807) is 13.1 Å². The average Bonchev–Trinajstić information content (AvgIpc) is 2.84. The first-order chi connectivity index (χ1) is 8.44. The van der Waals surface area contributed by atoms with Crippen LogP contribution in [-0.4, -0.2) is 23.6 Å². The zero-order valence-electron chi connectivity index (χ0n) is 9.77. The molecular formula is C9H12N4O3S2. The van der Waals surface area contributed by atoms with Crippen molar-refractivity contribution in [1.29, 1.82) is 0 Å². The van der Waals surface area contributed by atoms with Crippen LogP contribution in [0.25, 0.3) is 0 Å². The Hall–Kier alpha value is -1.61. The lowest BCUT2D eigenvalue weighted by molar-refractivity contribution is 0.602. The Balaban J connectivity index is 2.39. The van der Waals surface area contributed by atoms with E-state index in [2.05, 4.69) is 19.9 Å². The zero-order valence-corrected chi connectivity index (χ0v) is 11.4. The standard InChI is InChI=1S/C9H12N4O3S2/c1-3-6-4-10-12-7(6)13-18(15,16)8-5(2)11-9(14)17-8/h4H,3H2,1-2H3,(H,11,14)(H2,10,12,13). The maximum atomic E-state index is 12.1. The van der Waals surface area contributed by atoms with E-state index in [1.165, 1.54) is 0 Å². The molecule has 0 unspecified atom stereocenters. The molecule has 0 fully saturated rings. The minimum atomic E-state index is -3.76. The molecule has 0 atom stereocenters. The van der Waals surface area contributed by atoms with E-state index in [0.29, 0.717) is 29.3 Å². The van der Waals surface area contributed by atoms with Crippen molar-refractivity contribution in [3.05, 3.63) is 27.1 Å². The monoisotopic (exact) mass is 288 g/mol. The van der Waals surface area contributed by atoms with Crippen LogP contribution in [0.2, 0.25) is 0 Å². The van der Waals surface area contributed by atoms with Gasteiger partial charge in [0.1, 0.15) is 5.82 Å². The van der Waals surface area contributed by atoms with Gasteiger partial charge in [0.05, 0.1) is 6.20 Å². The van der Waals surface area contributed by atoms with Gasteiger partial charge >= 0.3 is 4.87 Å². The lowest BCUT2D eigenvalue weighted by Crippen LogP contribution is -2.14. The highest BCUT2D eigenvalue weighted by molar-refractivity contribution is 7.94. The molecule has 0 aliphatic rings. The number of anilines is 1. The fourth-order valence-electron chi connectivity index (χ4n) is 1.50. The van der Waals surface area contributed by atoms with Crippen molar-refractivity contribution in [2.75, 3.05) is 4.72 Å². The van der Waals surface area contributed by atoms with Gasteiger partial charge in [-0.25, -0.2) is 8.42 Å². The number of nitrogens with zero attached hydrogens (tertiary/aromatic N) is 1. The van der Waals surface area contributed by atoms with Crippen molar-refractivity contribution in [2.24, 2.45) is 0 Å². The molecule has 2 aromatic rings. The maximum Gasteiger partial charge on any atom is 0.306 e. The lowest BCUT2D eigenvalue weighted by Gasteiger charge is -2.05. The third kappa shape index (κ3) is 2.31. The van der Waals surface area contributed by atoms with Gasteiger partial charge < -0.3 is 4.98 Å². The van der Waals surface area contributed by atoms with Gasteiger partial charge in [-0.05, 0) is 13.3 Å². The molecule has 98 valence electrons. The number of nitrogens with one attached hydrogen (secondary N) is 3. The molecule has 0 bridgehead atoms. The first kappa shape index (κ1) is 12.8. The van der Waals surface area contributed by atoms with Crippen LogP contribution in [0.4, 0.5) is 5.82 Å². The number of hydrogen-bond donors (Lipinski definition) is 3. The SMILES string of the molecule is CCc1cn[nH]c1NS(=O)(=O)c1sc(=O)[nH]c1C. The highest BCUT2D eigenvalue weighted by Crippen LogP contribution is 2.21. The third-order valence-electron chi connectivity index (χ3n) is 2.36. The summed E-state index contributed by atoms with van der Waals surface area (Å²) in [5.74, 6) is 0.331. The quantitative estimate of drug-likeness (QED) is 0.774. The summed E-state index contributed by atoms with van der Waals surface area (Å²) in [6.07, 6.45) is 2.21. The second-order valence-corrected chi connectivity index (χ2v) is 6.52. The van der Waals surface area contributed by atoms with Crippen molar-refractivity contribution in [3.63, 3.8) is 0 Å². The van der Waals surface area contributed by atoms with E-state index in [4.69, 9.17) is 0 Å². The summed E-state index contributed by atoms with van der Waals surface area (Å²) in [5.41, 5.74) is 1.09. The molecule has 2 heterocycles. The van der Waals surface area contributed by atoms with Crippen LogP contribution in [0.1, 0.15) is 18.2 Å². The van der Waals surface area contributed by atoms with E-state index < -0.39 is 14.9 Å². The number of H-pyrrole nitrogens is 2. The molecule has 0 saturated heterocycles. The molecule has 9 heteroatoms. The number of hydrogen-bond acceptors (Lipinski definition) is 5. The van der Waals surface area contributed by atoms with Gasteiger partial charge in [0.15, 0.2) is 4.21 Å². The number of rotatable bonds is 4. The van der Waals surface area contributed by atoms with Crippen molar-refractivity contribution in [1.82, 2.24) is 15.2 Å². The van der Waals surface area contributed by atoms with Crippen LogP contribution in [0.15, 0.2) is 15.2 Å². The molecule has 0 amide bonds. The minimum Gasteiger partial charge on any atom is -0.315 e. The van der Waals surface area contributed by atoms with E-state index in [1.807, 2.05) is 6.92 Å². The number of thiazole rings is 1. The summed E-state index contributed by atoms with van der Waals surface area (Å²) in [6.45, 7) is 3.43. The number of aromatic nitrogens is 3. The molecule has 0 spiro atoms. The Morgan fingerprint density at radius 3 is 2.78 bits per heavy atom. The van der Waals surface area contributed by atoms with Gasteiger partial charge in [0.25, 0.3) is 10.0 Å². The van der Waals surface area contributed by atoms with E-state index in [9.17, 15) is 13.2 Å². The van der Waals surface area contributed by atoms with Gasteiger partial charge in [-0.1, -0.05) is 18.3 Å². The predicted octanol–water partition coefficient (Wildman–Crippen LogP) is 0.831. The Morgan fingerprint density at radius 1 is 1.50 bits per heavy atom. The summed E-state index contributed by atoms with van der Waals surface area (Å²) in [6, 6.07) is 0. The van der Waals surface area contributed by atoms with E-state index in [-0.39, 0.29) is 4.21 Å². The minimum absolute atomic E-state index is 0.0100. The summed E-state index contributed by atoms with van der Waals surface area (Å²) >= 11 is 0.661. The van der Waals surface area contributed by atoms with Crippen LogP contribution in [0.5, 0.6) is 0 Å². The summed E-state index contributed by atoms with van der Waals surface area (Å²) in [5, 5.41) is 6.37. The van der Waals surface area contributed by atoms with Crippen LogP contribution in [0.3, 0.4) is 0 Å². The summed E-state index contributed by atoms with van der Waals surface area (Å²) in [7, 11) is -3.76. The second-order valence-electron chi connectivity index (χ2n) is 3.66. The Morgan fingerprint density at radius 2 is 2.22 bits per heavy atom. The first-order valence-corrected chi connectivity index (χ1v) is 7.48. The van der Waals surface area contributed by atoms with Crippen LogP contribution < -0.4 is 9.60 Å². The van der Waals surface area contributed by atoms with Gasteiger partial charge in [0.2, 0.25) is 0 Å². The molecule has 0 aromatic carbocycles. The number of aryl methyl sites for hydroxylation is 2. The molecule has 2 rings (SSSR count). The van der Waals surface area contributed by atoms with Crippen LogP contribution in [0, 0.1) is 6.92 Å². The van der Waals surface area contributed by atoms with E-state index >= 15 is 0 Å². The largest absolute Gasteiger partial charge is 0.315 e. The first-order valence-electron chi connectivity index (χ1n) is 5.19. The zero-order chi connectivity index (χ0) is 13.3. The fraction of sp³-hybridized carbons (Fsp3) is 0.333. The van der Waals surface area contributed by atoms with Gasteiger partial charge in [-0.3, -0.25) is 14.6 Å². The topological polar surface area (TPSA) is 108 Å². The van der Waals surface area contributed by atoms with Gasteiger partial charge in [-0.15, -0.1) is 0 Å². The molecule has 7 nitrogen and oxygen atoms in total. The number of aromatic amines is 2. The van der Waals surface area contributed by atoms with Crippen molar-refractivity contribution in [3.8, 4) is 0 Å². The van der Waals surface area contributed by atoms with E-state index in [0.717, 1.165) is 5.56 Å². The molecule has 2 aromatic heterocycles. The van der Waals surface area contributed by atoms with Crippen molar-refractivity contribution in [2.45, 2.75) is 24.5 Å². The Bertz CT molecular complexity index is 710. The van der Waals surface area contributed by atoms with Crippen LogP contribution >= 0.6 is 11.3 Å². The molecule has 0 aliphatic heterocycles. The molecule has 0 aliphatic carbocycles. The average molecular weight is 288 g/mol. The van der Waals surface area contributed by atoms with Crippen LogP contribution in [-0.2, 0) is 16.4 Å². The molecule has 3 N–H and O–H groups in total. The molecule has 18 heavy (non-hydrogen) atoms. The highest BCUT2D eigenvalue weighted by atomic mass is 32.2. The molecular weight excluding hydrogens is 276 g/mol. The predicted molar refractivity (Wildman–Crippen MR) is 68.5 cm³/mol. The Kier molecular flexibility index (Phi) is 3.26. The summed E-state index contributed by atoms with van der Waals surface area (Å²) < 4.78 is 26.6. The van der Waals surface area contributed by atoms with Crippen molar-refractivity contribution < 1.29 is 8.42 Å². The highest BCUT2D eigenvalue weighted by Gasteiger charge is 2.22. The van der Waals surface area contributed by atoms with Crippen molar-refractivity contribution >= 4 is 27.2 Å². The summed E-state index contributed by atoms with van der Waals surface area (Å²) in [4.78, 5) is 13.2. The van der Waals surface area contributed by atoms with Gasteiger partial charge in [0, 0.05) is 11.3 Å². The Labute approximate surface area is 107 Å². The van der Waals surface area contributed by atoms with Gasteiger partial charge in [-0.2, -0.15) is 5.10 Å². The normalized spacial score (nSPS) is 11.7. The fourth-order valence-corrected chi connectivity index (χ4v) is 3.85. The smallest absolute Gasteiger partial charge is 0.306 e.